The fourth-order valence-electron chi connectivity index (χ4n) is 2.47. The summed E-state index contributed by atoms with van der Waals surface area (Å²) >= 11 is 9.56. The maximum Gasteiger partial charge on any atom is 0.0410 e. The Hall–Kier alpha value is -0.0500. The van der Waals surface area contributed by atoms with E-state index in [4.69, 9.17) is 11.6 Å². The van der Waals surface area contributed by atoms with Gasteiger partial charge in [-0.1, -0.05) is 40.9 Å². The molecule has 1 nitrogen and oxygen atoms in total. The number of benzene rings is 1. The molecule has 1 aliphatic rings. The lowest BCUT2D eigenvalue weighted by atomic mass is 9.67. The first kappa shape index (κ1) is 13.4. The van der Waals surface area contributed by atoms with Crippen molar-refractivity contribution in [2.45, 2.75) is 39.2 Å². The number of hydrogen-bond acceptors (Lipinski definition) is 1. The molecular weight excluding hydrogens is 298 g/mol. The van der Waals surface area contributed by atoms with Gasteiger partial charge in [-0.2, -0.15) is 0 Å². The van der Waals surface area contributed by atoms with Crippen molar-refractivity contribution in [3.8, 4) is 0 Å². The van der Waals surface area contributed by atoms with Crippen LogP contribution in [-0.4, -0.2) is 6.54 Å². The monoisotopic (exact) mass is 315 g/mol. The molecule has 3 heteroatoms. The van der Waals surface area contributed by atoms with Gasteiger partial charge in [0.15, 0.2) is 0 Å². The highest BCUT2D eigenvalue weighted by molar-refractivity contribution is 9.10. The van der Waals surface area contributed by atoms with E-state index >= 15 is 0 Å². The molecule has 1 aromatic carbocycles. The second-order valence-corrected chi connectivity index (χ2v) is 6.34. The van der Waals surface area contributed by atoms with E-state index in [0.29, 0.717) is 5.41 Å². The molecule has 0 amide bonds. The second kappa shape index (κ2) is 5.73. The minimum atomic E-state index is 0.574. The molecule has 0 unspecified atom stereocenters. The lowest BCUT2D eigenvalue weighted by Gasteiger charge is -2.41. The van der Waals surface area contributed by atoms with Crippen molar-refractivity contribution in [2.24, 2.45) is 5.41 Å². The Labute approximate surface area is 117 Å². The van der Waals surface area contributed by atoms with Gasteiger partial charge in [-0.3, -0.25) is 0 Å². The Bertz CT molecular complexity index is 382. The van der Waals surface area contributed by atoms with Gasteiger partial charge >= 0.3 is 0 Å². The van der Waals surface area contributed by atoms with Crippen LogP contribution in [0.25, 0.3) is 0 Å². The van der Waals surface area contributed by atoms with E-state index in [-0.39, 0.29) is 0 Å². The zero-order valence-corrected chi connectivity index (χ0v) is 12.6. The summed E-state index contributed by atoms with van der Waals surface area (Å²) in [7, 11) is 0. The van der Waals surface area contributed by atoms with Gasteiger partial charge in [0.05, 0.1) is 0 Å². The number of hydrogen-bond donors (Lipinski definition) is 1. The zero-order valence-electron chi connectivity index (χ0n) is 10.2. The molecule has 0 heterocycles. The van der Waals surface area contributed by atoms with Gasteiger partial charge in [-0.15, -0.1) is 0 Å². The summed E-state index contributed by atoms with van der Waals surface area (Å²) in [5, 5.41) is 4.38. The summed E-state index contributed by atoms with van der Waals surface area (Å²) in [5.41, 5.74) is 1.81. The predicted octanol–water partition coefficient (Wildman–Crippen LogP) is 4.77. The van der Waals surface area contributed by atoms with Crippen molar-refractivity contribution in [3.63, 3.8) is 0 Å². The SMILES string of the molecule is CCC1(CNCc2cc(Cl)ccc2Br)CCC1. The van der Waals surface area contributed by atoms with E-state index < -0.39 is 0 Å². The minimum absolute atomic E-state index is 0.574. The minimum Gasteiger partial charge on any atom is -0.312 e. The van der Waals surface area contributed by atoms with Crippen LogP contribution in [0.2, 0.25) is 5.02 Å². The Morgan fingerprint density at radius 2 is 2.18 bits per heavy atom. The third kappa shape index (κ3) is 3.24. The van der Waals surface area contributed by atoms with E-state index in [1.807, 2.05) is 18.2 Å². The molecule has 0 saturated heterocycles. The van der Waals surface area contributed by atoms with Crippen molar-refractivity contribution in [1.82, 2.24) is 5.32 Å². The van der Waals surface area contributed by atoms with E-state index in [2.05, 4.69) is 28.2 Å². The molecule has 0 radical (unpaired) electrons. The molecule has 1 N–H and O–H groups in total. The fraction of sp³-hybridized carbons (Fsp3) is 0.571. The molecule has 1 fully saturated rings. The van der Waals surface area contributed by atoms with Crippen LogP contribution in [0.3, 0.4) is 0 Å². The summed E-state index contributed by atoms with van der Waals surface area (Å²) < 4.78 is 1.13. The highest BCUT2D eigenvalue weighted by Crippen LogP contribution is 2.43. The third-order valence-electron chi connectivity index (χ3n) is 3.99. The van der Waals surface area contributed by atoms with E-state index in [1.165, 1.54) is 31.2 Å². The Morgan fingerprint density at radius 3 is 2.76 bits per heavy atom. The zero-order chi connectivity index (χ0) is 12.3. The second-order valence-electron chi connectivity index (χ2n) is 5.05. The maximum absolute atomic E-state index is 6.00. The first-order valence-electron chi connectivity index (χ1n) is 6.30. The summed E-state index contributed by atoms with van der Waals surface area (Å²) in [6.45, 7) is 4.32. The molecule has 0 aliphatic heterocycles. The van der Waals surface area contributed by atoms with Crippen molar-refractivity contribution < 1.29 is 0 Å². The molecular formula is C14H19BrClN. The molecule has 0 aromatic heterocycles. The van der Waals surface area contributed by atoms with Crippen LogP contribution in [0.15, 0.2) is 22.7 Å². The average molecular weight is 317 g/mol. The lowest BCUT2D eigenvalue weighted by Crippen LogP contribution is -2.39. The van der Waals surface area contributed by atoms with Crippen molar-refractivity contribution in [3.05, 3.63) is 33.3 Å². The first-order valence-corrected chi connectivity index (χ1v) is 7.47. The topological polar surface area (TPSA) is 12.0 Å². The van der Waals surface area contributed by atoms with Crippen LogP contribution in [0, 0.1) is 5.41 Å². The molecule has 17 heavy (non-hydrogen) atoms. The Balaban J connectivity index is 1.87. The van der Waals surface area contributed by atoms with Gasteiger partial charge in [0, 0.05) is 22.6 Å². The first-order chi connectivity index (χ1) is 8.15. The van der Waals surface area contributed by atoms with Crippen molar-refractivity contribution in [2.75, 3.05) is 6.54 Å². The van der Waals surface area contributed by atoms with E-state index in [1.54, 1.807) is 0 Å². The molecule has 1 saturated carbocycles. The van der Waals surface area contributed by atoms with Crippen molar-refractivity contribution in [1.29, 1.82) is 0 Å². The molecule has 0 bridgehead atoms. The van der Waals surface area contributed by atoms with Crippen LogP contribution in [-0.2, 0) is 6.54 Å². The summed E-state index contributed by atoms with van der Waals surface area (Å²) in [6.07, 6.45) is 5.45. The normalized spacial score (nSPS) is 17.8. The number of nitrogens with one attached hydrogen (secondary N) is 1. The van der Waals surface area contributed by atoms with E-state index in [0.717, 1.165) is 22.6 Å². The Morgan fingerprint density at radius 1 is 1.41 bits per heavy atom. The van der Waals surface area contributed by atoms with Crippen LogP contribution >= 0.6 is 27.5 Å². The van der Waals surface area contributed by atoms with Crippen LogP contribution in [0.4, 0.5) is 0 Å². The van der Waals surface area contributed by atoms with Gasteiger partial charge in [0.1, 0.15) is 0 Å². The third-order valence-corrected chi connectivity index (χ3v) is 5.00. The summed E-state index contributed by atoms with van der Waals surface area (Å²) in [4.78, 5) is 0. The van der Waals surface area contributed by atoms with Gasteiger partial charge in [-0.25, -0.2) is 0 Å². The summed E-state index contributed by atoms with van der Waals surface area (Å²) in [5.74, 6) is 0. The van der Waals surface area contributed by atoms with Crippen LogP contribution < -0.4 is 5.32 Å². The molecule has 1 aromatic rings. The standard InChI is InChI=1S/C14H19BrClN/c1-2-14(6-3-7-14)10-17-9-11-8-12(16)4-5-13(11)15/h4-5,8,17H,2-3,6-7,9-10H2,1H3. The molecule has 1 aliphatic carbocycles. The van der Waals surface area contributed by atoms with Gasteiger partial charge in [0.2, 0.25) is 0 Å². The number of rotatable bonds is 5. The Kier molecular flexibility index (Phi) is 4.51. The van der Waals surface area contributed by atoms with Gasteiger partial charge in [0.25, 0.3) is 0 Å². The largest absolute Gasteiger partial charge is 0.312 e. The van der Waals surface area contributed by atoms with Gasteiger partial charge < -0.3 is 5.32 Å². The fourth-order valence-corrected chi connectivity index (χ4v) is 3.05. The summed E-state index contributed by atoms with van der Waals surface area (Å²) in [6, 6.07) is 5.95. The van der Waals surface area contributed by atoms with Crippen molar-refractivity contribution >= 4 is 27.5 Å². The quantitative estimate of drug-likeness (QED) is 0.825. The average Bonchev–Trinajstić information content (AvgIpc) is 2.27. The number of halogens is 2. The van der Waals surface area contributed by atoms with Crippen LogP contribution in [0.1, 0.15) is 38.2 Å². The lowest BCUT2D eigenvalue weighted by molar-refractivity contribution is 0.124. The smallest absolute Gasteiger partial charge is 0.0410 e. The van der Waals surface area contributed by atoms with Gasteiger partial charge in [-0.05, 0) is 48.4 Å². The molecule has 94 valence electrons. The molecule has 0 spiro atoms. The highest BCUT2D eigenvalue weighted by Gasteiger charge is 2.34. The van der Waals surface area contributed by atoms with Crippen LogP contribution in [0.5, 0.6) is 0 Å². The highest BCUT2D eigenvalue weighted by atomic mass is 79.9. The maximum atomic E-state index is 6.00. The predicted molar refractivity (Wildman–Crippen MR) is 77.4 cm³/mol. The molecule has 0 atom stereocenters. The van der Waals surface area contributed by atoms with E-state index in [9.17, 15) is 0 Å². The molecule has 2 rings (SSSR count).